The van der Waals surface area contributed by atoms with Gasteiger partial charge in [-0.25, -0.2) is 0 Å². The second-order valence-corrected chi connectivity index (χ2v) is 3.68. The average molecular weight is 153 g/mol. The Morgan fingerprint density at radius 1 is 1.36 bits per heavy atom. The van der Waals surface area contributed by atoms with Crippen LogP contribution in [-0.4, -0.2) is 6.54 Å². The van der Waals surface area contributed by atoms with Crippen LogP contribution in [0.3, 0.4) is 0 Å². The molecule has 0 heterocycles. The van der Waals surface area contributed by atoms with Gasteiger partial charge < -0.3 is 5.73 Å². The number of nitrogens with two attached hydrogens (primary N) is 1. The Morgan fingerprint density at radius 3 is 2.45 bits per heavy atom. The van der Waals surface area contributed by atoms with Crippen molar-refractivity contribution in [3.8, 4) is 0 Å². The van der Waals surface area contributed by atoms with Crippen LogP contribution in [0.1, 0.15) is 39.0 Å². The van der Waals surface area contributed by atoms with Gasteiger partial charge in [0.15, 0.2) is 0 Å². The van der Waals surface area contributed by atoms with Gasteiger partial charge in [-0.15, -0.1) is 0 Å². The molecule has 0 aromatic carbocycles. The Labute approximate surface area is 69.7 Å². The Bertz CT molecular complexity index is 132. The van der Waals surface area contributed by atoms with Crippen LogP contribution >= 0.6 is 0 Å². The van der Waals surface area contributed by atoms with Gasteiger partial charge in [0.25, 0.3) is 0 Å². The van der Waals surface area contributed by atoms with Crippen LogP contribution in [0.4, 0.5) is 0 Å². The van der Waals surface area contributed by atoms with Crippen molar-refractivity contribution < 1.29 is 0 Å². The van der Waals surface area contributed by atoms with E-state index in [1.54, 1.807) is 0 Å². The maximum atomic E-state index is 5.78. The molecular formula is C10H19N. The predicted molar refractivity (Wildman–Crippen MR) is 49.4 cm³/mol. The molecule has 1 rings (SSSR count). The second-order valence-electron chi connectivity index (χ2n) is 3.68. The zero-order chi connectivity index (χ0) is 8.16. The molecule has 0 bridgehead atoms. The summed E-state index contributed by atoms with van der Waals surface area (Å²) in [4.78, 5) is 0. The minimum atomic E-state index is 0.479. The molecule has 1 heteroatoms. The van der Waals surface area contributed by atoms with Gasteiger partial charge in [0.05, 0.1) is 0 Å². The van der Waals surface area contributed by atoms with E-state index in [-0.39, 0.29) is 0 Å². The van der Waals surface area contributed by atoms with E-state index >= 15 is 0 Å². The van der Waals surface area contributed by atoms with Gasteiger partial charge in [0.2, 0.25) is 0 Å². The molecule has 0 aromatic heterocycles. The summed E-state index contributed by atoms with van der Waals surface area (Å²) in [5.41, 5.74) is 6.25. The molecule has 0 aromatic rings. The molecule has 0 atom stereocenters. The molecule has 11 heavy (non-hydrogen) atoms. The summed E-state index contributed by atoms with van der Waals surface area (Å²) >= 11 is 0. The molecule has 1 saturated carbocycles. The van der Waals surface area contributed by atoms with Gasteiger partial charge in [-0.2, -0.15) is 0 Å². The van der Waals surface area contributed by atoms with Crippen molar-refractivity contribution in [1.29, 1.82) is 0 Å². The lowest BCUT2D eigenvalue weighted by Crippen LogP contribution is -2.26. The van der Waals surface area contributed by atoms with Crippen LogP contribution in [-0.2, 0) is 0 Å². The smallest absolute Gasteiger partial charge is 0.00176 e. The number of hydrogen-bond donors (Lipinski definition) is 1. The van der Waals surface area contributed by atoms with Crippen LogP contribution in [0.2, 0.25) is 0 Å². The lowest BCUT2D eigenvalue weighted by atomic mass is 9.83. The summed E-state index contributed by atoms with van der Waals surface area (Å²) in [7, 11) is 0. The van der Waals surface area contributed by atoms with Crippen LogP contribution in [0.5, 0.6) is 0 Å². The standard InChI is InChI=1S/C10H19N/c1-2-3-6-10(9-11)7-4-5-8-10/h2-3H,4-9,11H2,1H3. The van der Waals surface area contributed by atoms with Crippen LogP contribution < -0.4 is 5.73 Å². The fourth-order valence-electron chi connectivity index (χ4n) is 1.98. The van der Waals surface area contributed by atoms with Gasteiger partial charge in [0, 0.05) is 0 Å². The third-order valence-corrected chi connectivity index (χ3v) is 2.88. The topological polar surface area (TPSA) is 26.0 Å². The third kappa shape index (κ3) is 2.06. The predicted octanol–water partition coefficient (Wildman–Crippen LogP) is 2.47. The zero-order valence-electron chi connectivity index (χ0n) is 7.47. The van der Waals surface area contributed by atoms with Crippen molar-refractivity contribution in [2.24, 2.45) is 11.1 Å². The fourth-order valence-corrected chi connectivity index (χ4v) is 1.98. The van der Waals surface area contributed by atoms with Gasteiger partial charge >= 0.3 is 0 Å². The first kappa shape index (κ1) is 8.79. The third-order valence-electron chi connectivity index (χ3n) is 2.88. The maximum absolute atomic E-state index is 5.78. The summed E-state index contributed by atoms with van der Waals surface area (Å²) in [6.07, 6.45) is 11.0. The minimum Gasteiger partial charge on any atom is -0.330 e. The Balaban J connectivity index is 2.45. The first-order valence-electron chi connectivity index (χ1n) is 4.64. The summed E-state index contributed by atoms with van der Waals surface area (Å²) in [5.74, 6) is 0. The molecule has 0 saturated heterocycles. The summed E-state index contributed by atoms with van der Waals surface area (Å²) in [6, 6.07) is 0. The van der Waals surface area contributed by atoms with Crippen molar-refractivity contribution in [3.05, 3.63) is 12.2 Å². The van der Waals surface area contributed by atoms with Gasteiger partial charge in [-0.3, -0.25) is 0 Å². The van der Waals surface area contributed by atoms with Gasteiger partial charge in [0.1, 0.15) is 0 Å². The van der Waals surface area contributed by atoms with E-state index in [4.69, 9.17) is 5.73 Å². The van der Waals surface area contributed by atoms with Gasteiger partial charge in [-0.05, 0) is 38.1 Å². The highest BCUT2D eigenvalue weighted by atomic mass is 14.6. The first-order chi connectivity index (χ1) is 5.33. The Kier molecular flexibility index (Phi) is 3.13. The highest BCUT2D eigenvalue weighted by Crippen LogP contribution is 2.40. The molecule has 2 N–H and O–H groups in total. The lowest BCUT2D eigenvalue weighted by Gasteiger charge is -2.25. The average Bonchev–Trinajstić information content (AvgIpc) is 2.50. The highest BCUT2D eigenvalue weighted by Gasteiger charge is 2.30. The molecule has 1 aliphatic rings. The zero-order valence-corrected chi connectivity index (χ0v) is 7.47. The quantitative estimate of drug-likeness (QED) is 0.619. The molecule has 1 aliphatic carbocycles. The fraction of sp³-hybridized carbons (Fsp3) is 0.800. The molecule has 64 valence electrons. The first-order valence-corrected chi connectivity index (χ1v) is 4.64. The largest absolute Gasteiger partial charge is 0.330 e. The molecule has 0 spiro atoms. The van der Waals surface area contributed by atoms with Crippen LogP contribution in [0.25, 0.3) is 0 Å². The second kappa shape index (κ2) is 3.91. The molecular weight excluding hydrogens is 134 g/mol. The molecule has 1 nitrogen and oxygen atoms in total. The number of allylic oxidation sites excluding steroid dienone is 2. The minimum absolute atomic E-state index is 0.479. The summed E-state index contributed by atoms with van der Waals surface area (Å²) in [6.45, 7) is 2.95. The van der Waals surface area contributed by atoms with E-state index in [0.717, 1.165) is 6.54 Å². The molecule has 0 aliphatic heterocycles. The Morgan fingerprint density at radius 2 is 2.00 bits per heavy atom. The number of hydrogen-bond acceptors (Lipinski definition) is 1. The molecule has 1 fully saturated rings. The van der Waals surface area contributed by atoms with Crippen molar-refractivity contribution in [2.75, 3.05) is 6.54 Å². The van der Waals surface area contributed by atoms with E-state index in [0.29, 0.717) is 5.41 Å². The molecule has 0 unspecified atom stereocenters. The van der Waals surface area contributed by atoms with E-state index < -0.39 is 0 Å². The van der Waals surface area contributed by atoms with Crippen LogP contribution in [0.15, 0.2) is 12.2 Å². The van der Waals surface area contributed by atoms with Gasteiger partial charge in [-0.1, -0.05) is 25.0 Å². The summed E-state index contributed by atoms with van der Waals surface area (Å²) in [5, 5.41) is 0. The van der Waals surface area contributed by atoms with E-state index in [1.807, 2.05) is 0 Å². The van der Waals surface area contributed by atoms with Crippen molar-refractivity contribution in [3.63, 3.8) is 0 Å². The SMILES string of the molecule is CC=CCC1(CN)CCCC1. The normalized spacial score (nSPS) is 23.1. The monoisotopic (exact) mass is 153 g/mol. The van der Waals surface area contributed by atoms with E-state index in [2.05, 4.69) is 19.1 Å². The maximum Gasteiger partial charge on any atom is -0.00176 e. The lowest BCUT2D eigenvalue weighted by molar-refractivity contribution is 0.313. The Hall–Kier alpha value is -0.300. The molecule has 0 amide bonds. The van der Waals surface area contributed by atoms with Crippen molar-refractivity contribution in [1.82, 2.24) is 0 Å². The van der Waals surface area contributed by atoms with Crippen molar-refractivity contribution >= 4 is 0 Å². The van der Waals surface area contributed by atoms with Crippen molar-refractivity contribution in [2.45, 2.75) is 39.0 Å². The number of rotatable bonds is 3. The van der Waals surface area contributed by atoms with E-state index in [1.165, 1.54) is 32.1 Å². The highest BCUT2D eigenvalue weighted by molar-refractivity contribution is 4.93. The van der Waals surface area contributed by atoms with E-state index in [9.17, 15) is 0 Å². The van der Waals surface area contributed by atoms with Crippen LogP contribution in [0, 0.1) is 5.41 Å². The summed E-state index contributed by atoms with van der Waals surface area (Å²) < 4.78 is 0. The molecule has 0 radical (unpaired) electrons.